The second kappa shape index (κ2) is 5.01. The summed E-state index contributed by atoms with van der Waals surface area (Å²) in [7, 11) is 0. The highest BCUT2D eigenvalue weighted by Gasteiger charge is 2.25. The highest BCUT2D eigenvalue weighted by atomic mass is 35.5. The van der Waals surface area contributed by atoms with Crippen molar-refractivity contribution >= 4 is 17.6 Å². The number of aromatic carboxylic acids is 1. The first-order chi connectivity index (χ1) is 8.91. The summed E-state index contributed by atoms with van der Waals surface area (Å²) in [6, 6.07) is 3.65. The molecule has 0 atom stereocenters. The smallest absolute Gasteiger partial charge is 0.340 e. The van der Waals surface area contributed by atoms with Crippen molar-refractivity contribution in [1.29, 1.82) is 0 Å². The SMILES string of the molecule is Cc1ccnc(-n2nc(C(C)C)c(C(=O)O)c2Cl)c1. The van der Waals surface area contributed by atoms with Gasteiger partial charge in [-0.25, -0.2) is 14.5 Å². The van der Waals surface area contributed by atoms with Crippen LogP contribution in [0.2, 0.25) is 5.15 Å². The van der Waals surface area contributed by atoms with Gasteiger partial charge in [0.1, 0.15) is 10.7 Å². The van der Waals surface area contributed by atoms with Gasteiger partial charge in [-0.15, -0.1) is 0 Å². The molecular formula is C13H14ClN3O2. The monoisotopic (exact) mass is 279 g/mol. The Labute approximate surface area is 115 Å². The topological polar surface area (TPSA) is 68.0 Å². The van der Waals surface area contributed by atoms with E-state index < -0.39 is 5.97 Å². The van der Waals surface area contributed by atoms with Gasteiger partial charge in [-0.3, -0.25) is 0 Å². The minimum absolute atomic E-state index is 0.0327. The fourth-order valence-electron chi connectivity index (χ4n) is 1.80. The molecule has 100 valence electrons. The van der Waals surface area contributed by atoms with Gasteiger partial charge >= 0.3 is 5.97 Å². The van der Waals surface area contributed by atoms with Gasteiger partial charge in [-0.05, 0) is 30.5 Å². The van der Waals surface area contributed by atoms with E-state index in [0.29, 0.717) is 11.5 Å². The number of aromatic nitrogens is 3. The Hall–Kier alpha value is -1.88. The summed E-state index contributed by atoms with van der Waals surface area (Å²) in [6.45, 7) is 5.67. The fraction of sp³-hybridized carbons (Fsp3) is 0.308. The highest BCUT2D eigenvalue weighted by Crippen LogP contribution is 2.27. The number of carboxylic acid groups (broad SMARTS) is 1. The second-order valence-corrected chi connectivity index (χ2v) is 4.97. The number of hydrogen-bond donors (Lipinski definition) is 1. The van der Waals surface area contributed by atoms with Crippen molar-refractivity contribution in [2.45, 2.75) is 26.7 Å². The zero-order chi connectivity index (χ0) is 14.2. The van der Waals surface area contributed by atoms with E-state index in [1.165, 1.54) is 4.68 Å². The van der Waals surface area contributed by atoms with E-state index in [0.717, 1.165) is 5.56 Å². The summed E-state index contributed by atoms with van der Waals surface area (Å²) in [5.41, 5.74) is 1.50. The molecule has 6 heteroatoms. The normalized spacial score (nSPS) is 11.0. The van der Waals surface area contributed by atoms with Crippen molar-refractivity contribution in [1.82, 2.24) is 14.8 Å². The first-order valence-electron chi connectivity index (χ1n) is 5.86. The van der Waals surface area contributed by atoms with Crippen LogP contribution in [0.25, 0.3) is 5.82 Å². The van der Waals surface area contributed by atoms with Gasteiger partial charge in [0.25, 0.3) is 0 Å². The third-order valence-electron chi connectivity index (χ3n) is 2.73. The van der Waals surface area contributed by atoms with Crippen LogP contribution >= 0.6 is 11.6 Å². The molecule has 0 aliphatic rings. The van der Waals surface area contributed by atoms with Crippen LogP contribution in [-0.4, -0.2) is 25.8 Å². The molecule has 2 aromatic rings. The van der Waals surface area contributed by atoms with Crippen LogP contribution in [0.5, 0.6) is 0 Å². The molecule has 2 aromatic heterocycles. The van der Waals surface area contributed by atoms with Gasteiger partial charge in [0.05, 0.1) is 5.69 Å². The van der Waals surface area contributed by atoms with Crippen LogP contribution in [0, 0.1) is 6.92 Å². The third-order valence-corrected chi connectivity index (χ3v) is 3.08. The molecule has 5 nitrogen and oxygen atoms in total. The van der Waals surface area contributed by atoms with Crippen LogP contribution < -0.4 is 0 Å². The van der Waals surface area contributed by atoms with E-state index >= 15 is 0 Å². The Morgan fingerprint density at radius 1 is 1.47 bits per heavy atom. The van der Waals surface area contributed by atoms with E-state index in [1.807, 2.05) is 26.8 Å². The lowest BCUT2D eigenvalue weighted by molar-refractivity contribution is 0.0695. The molecule has 0 saturated carbocycles. The van der Waals surface area contributed by atoms with E-state index in [1.54, 1.807) is 12.3 Å². The molecule has 0 aliphatic heterocycles. The van der Waals surface area contributed by atoms with Crippen LogP contribution in [0.4, 0.5) is 0 Å². The van der Waals surface area contributed by atoms with Crippen molar-refractivity contribution in [3.63, 3.8) is 0 Å². The maximum atomic E-state index is 11.3. The first kappa shape index (κ1) is 13.5. The van der Waals surface area contributed by atoms with Crippen molar-refractivity contribution in [3.8, 4) is 5.82 Å². The largest absolute Gasteiger partial charge is 0.478 e. The Bertz CT molecular complexity index is 635. The van der Waals surface area contributed by atoms with Crippen molar-refractivity contribution in [2.75, 3.05) is 0 Å². The Kier molecular flexibility index (Phi) is 3.57. The molecule has 0 fully saturated rings. The van der Waals surface area contributed by atoms with Crippen molar-refractivity contribution < 1.29 is 9.90 Å². The minimum atomic E-state index is -1.08. The Morgan fingerprint density at radius 3 is 2.63 bits per heavy atom. The van der Waals surface area contributed by atoms with Crippen molar-refractivity contribution in [3.05, 3.63) is 40.3 Å². The van der Waals surface area contributed by atoms with Crippen molar-refractivity contribution in [2.24, 2.45) is 0 Å². The van der Waals surface area contributed by atoms with Gasteiger partial charge in [0.15, 0.2) is 5.82 Å². The number of carbonyl (C=O) groups is 1. The molecule has 0 saturated heterocycles. The summed E-state index contributed by atoms with van der Waals surface area (Å²) < 4.78 is 1.37. The molecule has 0 spiro atoms. The molecule has 2 heterocycles. The third kappa shape index (κ3) is 2.46. The summed E-state index contributed by atoms with van der Waals surface area (Å²) >= 11 is 6.14. The molecule has 19 heavy (non-hydrogen) atoms. The van der Waals surface area contributed by atoms with E-state index in [2.05, 4.69) is 10.1 Å². The maximum absolute atomic E-state index is 11.3. The lowest BCUT2D eigenvalue weighted by Gasteiger charge is -2.02. The number of aryl methyl sites for hydroxylation is 1. The van der Waals surface area contributed by atoms with Gasteiger partial charge in [0.2, 0.25) is 0 Å². The molecule has 0 bridgehead atoms. The number of pyridine rings is 1. The van der Waals surface area contributed by atoms with Gasteiger partial charge in [-0.1, -0.05) is 25.4 Å². The van der Waals surface area contributed by atoms with Gasteiger partial charge in [-0.2, -0.15) is 5.10 Å². The van der Waals surface area contributed by atoms with Crippen LogP contribution in [0.3, 0.4) is 0 Å². The predicted octanol–water partition coefficient (Wildman–Crippen LogP) is 3.05. The predicted molar refractivity (Wildman–Crippen MR) is 72.2 cm³/mol. The molecule has 0 amide bonds. The minimum Gasteiger partial charge on any atom is -0.478 e. The Balaban J connectivity index is 2.66. The fourth-order valence-corrected chi connectivity index (χ4v) is 2.11. The van der Waals surface area contributed by atoms with Crippen LogP contribution in [0.15, 0.2) is 18.3 Å². The quantitative estimate of drug-likeness (QED) is 0.937. The first-order valence-corrected chi connectivity index (χ1v) is 6.24. The highest BCUT2D eigenvalue weighted by molar-refractivity contribution is 6.32. The lowest BCUT2D eigenvalue weighted by atomic mass is 10.1. The summed E-state index contributed by atoms with van der Waals surface area (Å²) in [6.07, 6.45) is 1.64. The zero-order valence-corrected chi connectivity index (χ0v) is 11.6. The molecule has 1 N–H and O–H groups in total. The maximum Gasteiger partial charge on any atom is 0.340 e. The molecule has 0 aromatic carbocycles. The van der Waals surface area contributed by atoms with E-state index in [-0.39, 0.29) is 16.6 Å². The van der Waals surface area contributed by atoms with Crippen LogP contribution in [-0.2, 0) is 0 Å². The second-order valence-electron chi connectivity index (χ2n) is 4.61. The average Bonchev–Trinajstić information content (AvgIpc) is 2.67. The van der Waals surface area contributed by atoms with E-state index in [4.69, 9.17) is 11.6 Å². The Morgan fingerprint density at radius 2 is 2.16 bits per heavy atom. The molecule has 0 radical (unpaired) electrons. The standard InChI is InChI=1S/C13H14ClN3O2/c1-7(2)11-10(13(18)19)12(14)17(16-11)9-6-8(3)4-5-15-9/h4-7H,1-3H3,(H,18,19). The molecular weight excluding hydrogens is 266 g/mol. The lowest BCUT2D eigenvalue weighted by Crippen LogP contribution is -2.01. The summed E-state index contributed by atoms with van der Waals surface area (Å²) in [5, 5.41) is 13.6. The number of hydrogen-bond acceptors (Lipinski definition) is 3. The average molecular weight is 280 g/mol. The summed E-state index contributed by atoms with van der Waals surface area (Å²) in [5.74, 6) is -0.596. The molecule has 0 aliphatic carbocycles. The number of carboxylic acids is 1. The summed E-state index contributed by atoms with van der Waals surface area (Å²) in [4.78, 5) is 15.5. The van der Waals surface area contributed by atoms with Gasteiger partial charge in [0, 0.05) is 6.20 Å². The number of halogens is 1. The number of rotatable bonds is 3. The zero-order valence-electron chi connectivity index (χ0n) is 10.9. The molecule has 0 unspecified atom stereocenters. The van der Waals surface area contributed by atoms with Crippen LogP contribution in [0.1, 0.15) is 41.4 Å². The van der Waals surface area contributed by atoms with E-state index in [9.17, 15) is 9.90 Å². The molecule has 2 rings (SSSR count). The number of nitrogens with zero attached hydrogens (tertiary/aromatic N) is 3. The van der Waals surface area contributed by atoms with Gasteiger partial charge < -0.3 is 5.11 Å².